The topological polar surface area (TPSA) is 200 Å². The van der Waals surface area contributed by atoms with Gasteiger partial charge in [0.1, 0.15) is 6.10 Å². The SMILES string of the molecule is COc1cc(/C=C/C(=O)O[C@H]2C[C@@](O)(C(=O)O)C[C@H](O)[C@@H]2OC(=O)/C=C/c2ccc(O)c(O)c2)ccc1O. The van der Waals surface area contributed by atoms with Gasteiger partial charge in [-0.3, -0.25) is 0 Å². The number of aliphatic hydroxyl groups excluding tert-OH is 1. The third-order valence-electron chi connectivity index (χ3n) is 5.78. The molecule has 4 atom stereocenters. The van der Waals surface area contributed by atoms with Gasteiger partial charge >= 0.3 is 17.9 Å². The number of hydrogen-bond acceptors (Lipinski definition) is 11. The summed E-state index contributed by atoms with van der Waals surface area (Å²) in [5.74, 6) is -4.36. The molecule has 0 aliphatic heterocycles. The Hall–Kier alpha value is -4.55. The Morgan fingerprint density at radius 2 is 1.45 bits per heavy atom. The number of phenolic OH excluding ortho intramolecular Hbond substituents is 3. The summed E-state index contributed by atoms with van der Waals surface area (Å²) in [7, 11) is 1.35. The zero-order valence-corrected chi connectivity index (χ0v) is 20.1. The molecule has 1 aliphatic rings. The van der Waals surface area contributed by atoms with Gasteiger partial charge in [0.25, 0.3) is 0 Å². The molecule has 0 aromatic heterocycles. The molecule has 0 saturated heterocycles. The maximum absolute atomic E-state index is 12.5. The van der Waals surface area contributed by atoms with Gasteiger partial charge in [0.2, 0.25) is 0 Å². The van der Waals surface area contributed by atoms with Crippen LogP contribution in [-0.2, 0) is 23.9 Å². The van der Waals surface area contributed by atoms with Crippen LogP contribution >= 0.6 is 0 Å². The summed E-state index contributed by atoms with van der Waals surface area (Å²) in [6.07, 6.45) is -1.57. The molecule has 2 aromatic carbocycles. The van der Waals surface area contributed by atoms with Crippen LogP contribution in [0.3, 0.4) is 0 Å². The summed E-state index contributed by atoms with van der Waals surface area (Å²) in [5.41, 5.74) is -1.66. The number of phenols is 3. The Kier molecular flexibility index (Phi) is 8.61. The highest BCUT2D eigenvalue weighted by atomic mass is 16.6. The quantitative estimate of drug-likeness (QED) is 0.163. The van der Waals surface area contributed by atoms with Crippen LogP contribution in [0.25, 0.3) is 12.2 Å². The second-order valence-corrected chi connectivity index (χ2v) is 8.54. The highest BCUT2D eigenvalue weighted by Gasteiger charge is 2.52. The first kappa shape index (κ1) is 28.0. The number of methoxy groups -OCH3 is 1. The van der Waals surface area contributed by atoms with Crippen LogP contribution in [0, 0.1) is 0 Å². The minimum Gasteiger partial charge on any atom is -0.504 e. The molecule has 12 heteroatoms. The Morgan fingerprint density at radius 1 is 0.868 bits per heavy atom. The second-order valence-electron chi connectivity index (χ2n) is 8.54. The third kappa shape index (κ3) is 6.81. The van der Waals surface area contributed by atoms with Gasteiger partial charge in [-0.1, -0.05) is 12.1 Å². The Bertz CT molecular complexity index is 1270. The predicted octanol–water partition coefficient (Wildman–Crippen LogP) is 1.33. The lowest BCUT2D eigenvalue weighted by Crippen LogP contribution is -2.58. The number of aliphatic carboxylic acids is 1. The molecule has 12 nitrogen and oxygen atoms in total. The molecule has 1 fully saturated rings. The van der Waals surface area contributed by atoms with Crippen molar-refractivity contribution in [1.82, 2.24) is 0 Å². The maximum Gasteiger partial charge on any atom is 0.335 e. The lowest BCUT2D eigenvalue weighted by molar-refractivity contribution is -0.204. The van der Waals surface area contributed by atoms with E-state index in [4.69, 9.17) is 14.2 Å². The van der Waals surface area contributed by atoms with Crippen molar-refractivity contribution in [1.29, 1.82) is 0 Å². The highest BCUT2D eigenvalue weighted by Crippen LogP contribution is 2.33. The molecule has 0 bridgehead atoms. The summed E-state index contributed by atoms with van der Waals surface area (Å²) in [6.45, 7) is 0. The Morgan fingerprint density at radius 3 is 2.03 bits per heavy atom. The molecule has 3 rings (SSSR count). The van der Waals surface area contributed by atoms with Crippen LogP contribution in [0.4, 0.5) is 0 Å². The van der Waals surface area contributed by atoms with Crippen molar-refractivity contribution in [2.75, 3.05) is 7.11 Å². The van der Waals surface area contributed by atoms with Crippen LogP contribution in [-0.4, -0.2) is 79.6 Å². The Balaban J connectivity index is 1.76. The number of esters is 2. The summed E-state index contributed by atoms with van der Waals surface area (Å²) in [4.78, 5) is 36.5. The van der Waals surface area contributed by atoms with Gasteiger partial charge in [-0.05, 0) is 47.5 Å². The molecule has 0 unspecified atom stereocenters. The van der Waals surface area contributed by atoms with Gasteiger partial charge < -0.3 is 44.8 Å². The fraction of sp³-hybridized carbons (Fsp3) is 0.269. The van der Waals surface area contributed by atoms with Crippen molar-refractivity contribution >= 4 is 30.1 Å². The van der Waals surface area contributed by atoms with Gasteiger partial charge in [-0.2, -0.15) is 0 Å². The number of benzene rings is 2. The molecule has 2 aromatic rings. The van der Waals surface area contributed by atoms with Gasteiger partial charge in [0, 0.05) is 25.0 Å². The van der Waals surface area contributed by atoms with Crippen LogP contribution in [0.5, 0.6) is 23.0 Å². The van der Waals surface area contributed by atoms with Gasteiger partial charge in [-0.25, -0.2) is 14.4 Å². The minimum absolute atomic E-state index is 0.114. The number of carbonyl (C=O) groups is 3. The number of aromatic hydroxyl groups is 3. The van der Waals surface area contributed by atoms with Crippen LogP contribution in [0.15, 0.2) is 48.6 Å². The van der Waals surface area contributed by atoms with Gasteiger partial charge in [0.15, 0.2) is 34.7 Å². The number of ether oxygens (including phenoxy) is 3. The maximum atomic E-state index is 12.5. The first-order valence-electron chi connectivity index (χ1n) is 11.2. The fourth-order valence-electron chi connectivity index (χ4n) is 3.81. The number of carboxylic acids is 1. The Labute approximate surface area is 216 Å². The van der Waals surface area contributed by atoms with E-state index in [1.807, 2.05) is 0 Å². The lowest BCUT2D eigenvalue weighted by Gasteiger charge is -2.40. The molecule has 6 N–H and O–H groups in total. The molecular weight excluding hydrogens is 504 g/mol. The fourth-order valence-corrected chi connectivity index (χ4v) is 3.81. The first-order valence-corrected chi connectivity index (χ1v) is 11.2. The summed E-state index contributed by atoms with van der Waals surface area (Å²) >= 11 is 0. The molecular formula is C26H26O12. The zero-order chi connectivity index (χ0) is 28.0. The normalized spacial score (nSPS) is 23.3. The van der Waals surface area contributed by atoms with E-state index in [0.29, 0.717) is 11.1 Å². The zero-order valence-electron chi connectivity index (χ0n) is 20.1. The standard InChI is InChI=1S/C26H26O12/c1-36-20-11-15(3-7-17(20)28)5-8-22(31)37-21-13-26(35,25(33)34)12-19(30)24(21)38-23(32)9-4-14-2-6-16(27)18(29)10-14/h2-11,19,21,24,27-30,35H,12-13H2,1H3,(H,33,34)/b8-5+,9-4+/t19-,21-,24-,26+/m0/s1. The van der Waals surface area contributed by atoms with E-state index < -0.39 is 60.4 Å². The molecule has 0 amide bonds. The van der Waals surface area contributed by atoms with Crippen molar-refractivity contribution in [3.8, 4) is 23.0 Å². The van der Waals surface area contributed by atoms with E-state index >= 15 is 0 Å². The largest absolute Gasteiger partial charge is 0.504 e. The van der Waals surface area contributed by atoms with Crippen molar-refractivity contribution < 1.29 is 59.2 Å². The van der Waals surface area contributed by atoms with Gasteiger partial charge in [-0.15, -0.1) is 0 Å². The number of carboxylic acid groups (broad SMARTS) is 1. The molecule has 202 valence electrons. The van der Waals surface area contributed by atoms with E-state index in [-0.39, 0.29) is 17.2 Å². The lowest BCUT2D eigenvalue weighted by atomic mass is 9.79. The molecule has 38 heavy (non-hydrogen) atoms. The second kappa shape index (κ2) is 11.7. The third-order valence-corrected chi connectivity index (χ3v) is 5.78. The molecule has 0 spiro atoms. The minimum atomic E-state index is -2.44. The average Bonchev–Trinajstić information content (AvgIpc) is 2.86. The number of aliphatic hydroxyl groups is 2. The number of rotatable bonds is 8. The van der Waals surface area contributed by atoms with Crippen molar-refractivity contribution in [3.63, 3.8) is 0 Å². The number of hydrogen-bond donors (Lipinski definition) is 6. The molecule has 1 saturated carbocycles. The van der Waals surface area contributed by atoms with E-state index in [1.165, 1.54) is 55.7 Å². The van der Waals surface area contributed by atoms with E-state index in [1.54, 1.807) is 0 Å². The number of carbonyl (C=O) groups excluding carboxylic acids is 2. The average molecular weight is 530 g/mol. The highest BCUT2D eigenvalue weighted by molar-refractivity contribution is 5.88. The van der Waals surface area contributed by atoms with Crippen molar-refractivity contribution in [2.24, 2.45) is 0 Å². The summed E-state index contributed by atoms with van der Waals surface area (Å²) in [6, 6.07) is 8.06. The van der Waals surface area contributed by atoms with Gasteiger partial charge in [0.05, 0.1) is 13.2 Å². The molecule has 0 radical (unpaired) electrons. The van der Waals surface area contributed by atoms with E-state index in [2.05, 4.69) is 0 Å². The van der Waals surface area contributed by atoms with Crippen LogP contribution < -0.4 is 4.74 Å². The summed E-state index contributed by atoms with van der Waals surface area (Å²) < 4.78 is 15.5. The molecule has 1 aliphatic carbocycles. The van der Waals surface area contributed by atoms with Crippen LogP contribution in [0.1, 0.15) is 24.0 Å². The summed E-state index contributed by atoms with van der Waals surface area (Å²) in [5, 5.41) is 58.9. The molecule has 0 heterocycles. The van der Waals surface area contributed by atoms with E-state index in [9.17, 15) is 45.0 Å². The monoisotopic (exact) mass is 530 g/mol. The smallest absolute Gasteiger partial charge is 0.335 e. The predicted molar refractivity (Wildman–Crippen MR) is 130 cm³/mol. The van der Waals surface area contributed by atoms with Crippen molar-refractivity contribution in [3.05, 3.63) is 59.7 Å². The van der Waals surface area contributed by atoms with Crippen LogP contribution in [0.2, 0.25) is 0 Å². The van der Waals surface area contributed by atoms with E-state index in [0.717, 1.165) is 12.2 Å². The van der Waals surface area contributed by atoms with Crippen molar-refractivity contribution in [2.45, 2.75) is 36.8 Å². The first-order chi connectivity index (χ1) is 17.9.